The van der Waals surface area contributed by atoms with Crippen LogP contribution in [0.2, 0.25) is 0 Å². The molecule has 25 heavy (non-hydrogen) atoms. The van der Waals surface area contributed by atoms with E-state index in [1.807, 2.05) is 0 Å². The van der Waals surface area contributed by atoms with Crippen LogP contribution in [0.4, 0.5) is 0 Å². The normalized spacial score (nSPS) is 20.4. The molecule has 0 aromatic rings. The molecule has 0 aromatic heterocycles. The summed E-state index contributed by atoms with van der Waals surface area (Å²) >= 11 is 0. The molecule has 1 N–H and O–H groups in total. The Morgan fingerprint density at radius 1 is 0.800 bits per heavy atom. The van der Waals surface area contributed by atoms with Crippen LogP contribution in [0.25, 0.3) is 0 Å². The van der Waals surface area contributed by atoms with Gasteiger partial charge in [0.15, 0.2) is 5.76 Å². The minimum absolute atomic E-state index is 0.545. The fraction of sp³-hybridized carbons (Fsp3) is 0.647. The van der Waals surface area contributed by atoms with Gasteiger partial charge in [-0.3, -0.25) is 14.4 Å². The summed E-state index contributed by atoms with van der Waals surface area (Å²) in [7, 11) is 0. The van der Waals surface area contributed by atoms with Crippen molar-refractivity contribution >= 4 is 23.7 Å². The molecule has 0 heterocycles. The van der Waals surface area contributed by atoms with E-state index in [0.29, 0.717) is 0 Å². The predicted octanol–water partition coefficient (Wildman–Crippen LogP) is 1.47. The summed E-state index contributed by atoms with van der Waals surface area (Å²) in [6.45, 7) is 9.42. The van der Waals surface area contributed by atoms with Crippen LogP contribution in [0.15, 0.2) is 11.3 Å². The number of hydrogen-bond donors (Lipinski definition) is 1. The number of ether oxygens (including phenoxy) is 3. The average molecular weight is 356 g/mol. The fourth-order valence-electron chi connectivity index (χ4n) is 2.35. The molecule has 8 heteroatoms. The van der Waals surface area contributed by atoms with Gasteiger partial charge in [0.2, 0.25) is 5.78 Å². The third-order valence-electron chi connectivity index (χ3n) is 3.19. The number of aliphatic hydroxyl groups is 1. The minimum atomic E-state index is -1.68. The van der Waals surface area contributed by atoms with Crippen LogP contribution >= 0.6 is 0 Å². The highest BCUT2D eigenvalue weighted by molar-refractivity contribution is 6.19. The maximum Gasteiger partial charge on any atom is 0.339 e. The molecule has 0 saturated carbocycles. The molecule has 0 aliphatic heterocycles. The van der Waals surface area contributed by atoms with Crippen LogP contribution in [-0.4, -0.2) is 47.1 Å². The number of hydrogen-bond acceptors (Lipinski definition) is 8. The third-order valence-corrected chi connectivity index (χ3v) is 3.19. The van der Waals surface area contributed by atoms with Crippen molar-refractivity contribution in [2.75, 3.05) is 0 Å². The van der Waals surface area contributed by atoms with E-state index < -0.39 is 65.2 Å². The second-order valence-corrected chi connectivity index (χ2v) is 6.51. The summed E-state index contributed by atoms with van der Waals surface area (Å²) in [5.41, 5.74) is -0.574. The van der Waals surface area contributed by atoms with Crippen molar-refractivity contribution < 1.29 is 38.5 Å². The van der Waals surface area contributed by atoms with Crippen molar-refractivity contribution in [3.05, 3.63) is 11.3 Å². The van der Waals surface area contributed by atoms with Gasteiger partial charge in [0.05, 0.1) is 23.9 Å². The quantitative estimate of drug-likeness (QED) is 0.432. The highest BCUT2D eigenvalue weighted by Gasteiger charge is 2.55. The van der Waals surface area contributed by atoms with Gasteiger partial charge in [-0.2, -0.15) is 0 Å². The standard InChI is InChI=1S/C17H24O8/c1-7(2)23-15(20)10-11(16(21)24-8(3)4)13(18)14(19)12(10)17(22)25-9(5)6/h7-11,19H,1-6H3. The smallest absolute Gasteiger partial charge is 0.339 e. The summed E-state index contributed by atoms with van der Waals surface area (Å²) in [5, 5.41) is 10.1. The zero-order valence-electron chi connectivity index (χ0n) is 15.2. The first-order chi connectivity index (χ1) is 11.5. The van der Waals surface area contributed by atoms with Crippen molar-refractivity contribution in [3.63, 3.8) is 0 Å². The zero-order valence-corrected chi connectivity index (χ0v) is 15.2. The lowest BCUT2D eigenvalue weighted by atomic mass is 9.90. The number of rotatable bonds is 6. The van der Waals surface area contributed by atoms with E-state index >= 15 is 0 Å². The lowest BCUT2D eigenvalue weighted by Gasteiger charge is -2.21. The molecule has 1 aliphatic carbocycles. The van der Waals surface area contributed by atoms with Crippen LogP contribution < -0.4 is 0 Å². The third kappa shape index (κ3) is 4.80. The van der Waals surface area contributed by atoms with Gasteiger partial charge in [-0.25, -0.2) is 4.79 Å². The zero-order chi connectivity index (χ0) is 19.5. The molecule has 0 amide bonds. The Kier molecular flexibility index (Phi) is 6.72. The van der Waals surface area contributed by atoms with Crippen LogP contribution in [0.5, 0.6) is 0 Å². The molecule has 2 atom stereocenters. The summed E-state index contributed by atoms with van der Waals surface area (Å²) in [6.07, 6.45) is -1.64. The number of ketones is 1. The summed E-state index contributed by atoms with van der Waals surface area (Å²) in [6, 6.07) is 0. The van der Waals surface area contributed by atoms with E-state index in [0.717, 1.165) is 0 Å². The Bertz CT molecular complexity index is 600. The Morgan fingerprint density at radius 2 is 1.20 bits per heavy atom. The van der Waals surface area contributed by atoms with Crippen molar-refractivity contribution in [3.8, 4) is 0 Å². The average Bonchev–Trinajstić information content (AvgIpc) is 2.69. The first-order valence-electron chi connectivity index (χ1n) is 8.06. The molecular weight excluding hydrogens is 332 g/mol. The van der Waals surface area contributed by atoms with Crippen LogP contribution in [0.3, 0.4) is 0 Å². The number of esters is 3. The predicted molar refractivity (Wildman–Crippen MR) is 85.3 cm³/mol. The van der Waals surface area contributed by atoms with E-state index in [9.17, 15) is 24.3 Å². The first kappa shape index (κ1) is 20.7. The molecule has 0 spiro atoms. The second-order valence-electron chi connectivity index (χ2n) is 6.51. The molecule has 140 valence electrons. The van der Waals surface area contributed by atoms with Gasteiger partial charge < -0.3 is 19.3 Å². The number of carbonyl (C=O) groups is 4. The molecule has 0 fully saturated rings. The highest BCUT2D eigenvalue weighted by Crippen LogP contribution is 2.37. The molecule has 8 nitrogen and oxygen atoms in total. The number of aliphatic hydroxyl groups excluding tert-OH is 1. The van der Waals surface area contributed by atoms with E-state index in [4.69, 9.17) is 14.2 Å². The minimum Gasteiger partial charge on any atom is -0.504 e. The van der Waals surface area contributed by atoms with Gasteiger partial charge in [-0.05, 0) is 41.5 Å². The van der Waals surface area contributed by atoms with E-state index in [1.54, 1.807) is 41.5 Å². The Labute approximate surface area is 146 Å². The lowest BCUT2D eigenvalue weighted by Crippen LogP contribution is -2.37. The summed E-state index contributed by atoms with van der Waals surface area (Å²) in [4.78, 5) is 49.2. The van der Waals surface area contributed by atoms with Crippen LogP contribution in [0.1, 0.15) is 41.5 Å². The maximum absolute atomic E-state index is 12.4. The van der Waals surface area contributed by atoms with Gasteiger partial charge in [0.1, 0.15) is 11.8 Å². The van der Waals surface area contributed by atoms with Gasteiger partial charge in [-0.1, -0.05) is 0 Å². The van der Waals surface area contributed by atoms with Gasteiger partial charge in [-0.15, -0.1) is 0 Å². The molecule has 2 unspecified atom stereocenters. The molecule has 1 aliphatic rings. The molecular formula is C17H24O8. The summed E-state index contributed by atoms with van der Waals surface area (Å²) in [5.74, 6) is -8.35. The van der Waals surface area contributed by atoms with Crippen molar-refractivity contribution in [2.24, 2.45) is 11.8 Å². The van der Waals surface area contributed by atoms with Crippen molar-refractivity contribution in [1.29, 1.82) is 0 Å². The monoisotopic (exact) mass is 356 g/mol. The van der Waals surface area contributed by atoms with Gasteiger partial charge >= 0.3 is 17.9 Å². The number of allylic oxidation sites excluding steroid dienone is 1. The van der Waals surface area contributed by atoms with Gasteiger partial charge in [0.25, 0.3) is 0 Å². The van der Waals surface area contributed by atoms with E-state index in [1.165, 1.54) is 0 Å². The second kappa shape index (κ2) is 8.13. The molecule has 0 aromatic carbocycles. The van der Waals surface area contributed by atoms with Crippen LogP contribution in [-0.2, 0) is 33.4 Å². The Hall–Kier alpha value is -2.38. The first-order valence-corrected chi connectivity index (χ1v) is 8.06. The summed E-state index contributed by atoms with van der Waals surface area (Å²) < 4.78 is 15.0. The van der Waals surface area contributed by atoms with E-state index in [2.05, 4.69) is 0 Å². The molecule has 0 radical (unpaired) electrons. The molecule has 0 saturated heterocycles. The highest BCUT2D eigenvalue weighted by atomic mass is 16.6. The van der Waals surface area contributed by atoms with Crippen molar-refractivity contribution in [2.45, 2.75) is 59.9 Å². The van der Waals surface area contributed by atoms with Gasteiger partial charge in [0, 0.05) is 0 Å². The van der Waals surface area contributed by atoms with E-state index in [-0.39, 0.29) is 0 Å². The SMILES string of the molecule is CC(C)OC(=O)C1=C(O)C(=O)C(C(=O)OC(C)C)C1C(=O)OC(C)C. The Balaban J connectivity index is 3.31. The van der Waals surface area contributed by atoms with Crippen LogP contribution in [0, 0.1) is 11.8 Å². The topological polar surface area (TPSA) is 116 Å². The van der Waals surface area contributed by atoms with Crippen molar-refractivity contribution in [1.82, 2.24) is 0 Å². The maximum atomic E-state index is 12.4. The Morgan fingerprint density at radius 3 is 1.60 bits per heavy atom. The fourth-order valence-corrected chi connectivity index (χ4v) is 2.35. The lowest BCUT2D eigenvalue weighted by molar-refractivity contribution is -0.165. The largest absolute Gasteiger partial charge is 0.504 e. The molecule has 1 rings (SSSR count). The number of Topliss-reactive ketones (excluding diaryl/α,β-unsaturated/α-hetero) is 1. The number of carbonyl (C=O) groups excluding carboxylic acids is 4. The molecule has 0 bridgehead atoms.